The molecule has 5 heteroatoms. The van der Waals surface area contributed by atoms with Gasteiger partial charge in [-0.1, -0.05) is 11.8 Å². The van der Waals surface area contributed by atoms with Crippen LogP contribution in [0.3, 0.4) is 0 Å². The molecule has 0 saturated carbocycles. The van der Waals surface area contributed by atoms with Gasteiger partial charge in [-0.15, -0.1) is 5.10 Å². The van der Waals surface area contributed by atoms with E-state index < -0.39 is 0 Å². The van der Waals surface area contributed by atoms with Gasteiger partial charge in [0, 0.05) is 19.4 Å². The zero-order chi connectivity index (χ0) is 12.1. The van der Waals surface area contributed by atoms with Crippen LogP contribution in [0.15, 0.2) is 6.58 Å². The summed E-state index contributed by atoms with van der Waals surface area (Å²) in [6, 6.07) is 0. The van der Waals surface area contributed by atoms with E-state index in [0.717, 1.165) is 43.6 Å². The maximum absolute atomic E-state index is 7.00. The first kappa shape index (κ1) is 12.9. The molecule has 1 N–H and O–H groups in total. The molecule has 1 aromatic heterocycles. The number of rotatable bonds is 2. The molecule has 0 amide bonds. The molecule has 90 valence electrons. The molecule has 1 aliphatic rings. The average Bonchev–Trinajstić information content (AvgIpc) is 2.88. The van der Waals surface area contributed by atoms with Crippen molar-refractivity contribution in [3.05, 3.63) is 18.0 Å². The van der Waals surface area contributed by atoms with Gasteiger partial charge >= 0.3 is 0 Å². The molecular formula is C11H19N3O2. The minimum absolute atomic E-state index is 0.154. The summed E-state index contributed by atoms with van der Waals surface area (Å²) in [4.78, 5) is 0. The van der Waals surface area contributed by atoms with Gasteiger partial charge in [0.15, 0.2) is 0 Å². The summed E-state index contributed by atoms with van der Waals surface area (Å²) in [7, 11) is 1.00. The second kappa shape index (κ2) is 5.77. The number of allylic oxidation sites excluding steroid dienone is 1. The molecule has 0 aromatic carbocycles. The van der Waals surface area contributed by atoms with Gasteiger partial charge in [0.05, 0.1) is 11.4 Å². The van der Waals surface area contributed by atoms with Crippen molar-refractivity contribution in [1.82, 2.24) is 15.0 Å². The van der Waals surface area contributed by atoms with Gasteiger partial charge in [-0.05, 0) is 26.7 Å². The van der Waals surface area contributed by atoms with E-state index in [-0.39, 0.29) is 6.10 Å². The smallest absolute Gasteiger partial charge is 0.102 e. The predicted molar refractivity (Wildman–Crippen MR) is 61.8 cm³/mol. The molecule has 0 aliphatic carbocycles. The normalized spacial score (nSPS) is 19.1. The highest BCUT2D eigenvalue weighted by Crippen LogP contribution is 2.30. The largest absolute Gasteiger partial charge is 0.400 e. The Labute approximate surface area is 95.7 Å². The highest BCUT2D eigenvalue weighted by molar-refractivity contribution is 5.39. The van der Waals surface area contributed by atoms with Crippen molar-refractivity contribution in [3.8, 4) is 0 Å². The average molecular weight is 225 g/mol. The molecule has 16 heavy (non-hydrogen) atoms. The molecule has 2 heterocycles. The lowest BCUT2D eigenvalue weighted by atomic mass is 10.1. The Morgan fingerprint density at radius 3 is 2.75 bits per heavy atom. The van der Waals surface area contributed by atoms with Crippen LogP contribution in [0.1, 0.15) is 37.3 Å². The number of hydrogen-bond acceptors (Lipinski definition) is 4. The molecule has 1 fully saturated rings. The van der Waals surface area contributed by atoms with Crippen molar-refractivity contribution in [1.29, 1.82) is 0 Å². The maximum Gasteiger partial charge on any atom is 0.102 e. The minimum Gasteiger partial charge on any atom is -0.400 e. The van der Waals surface area contributed by atoms with E-state index in [1.807, 2.05) is 13.8 Å². The molecule has 1 aromatic rings. The van der Waals surface area contributed by atoms with Crippen LogP contribution in [-0.2, 0) is 4.74 Å². The molecule has 2 rings (SSSR count). The Balaban J connectivity index is 0.000000606. The molecule has 1 saturated heterocycles. The van der Waals surface area contributed by atoms with Crippen molar-refractivity contribution < 1.29 is 9.84 Å². The lowest BCUT2D eigenvalue weighted by Gasteiger charge is -2.12. The number of aliphatic hydroxyl groups is 1. The van der Waals surface area contributed by atoms with Crippen LogP contribution in [0.2, 0.25) is 0 Å². The van der Waals surface area contributed by atoms with Crippen molar-refractivity contribution in [2.75, 3.05) is 13.7 Å². The first-order valence-electron chi connectivity index (χ1n) is 5.34. The summed E-state index contributed by atoms with van der Waals surface area (Å²) in [5.74, 6) is 0. The minimum atomic E-state index is 0.154. The predicted octanol–water partition coefficient (Wildman–Crippen LogP) is 1.54. The van der Waals surface area contributed by atoms with E-state index >= 15 is 0 Å². The fourth-order valence-corrected chi connectivity index (χ4v) is 1.81. The van der Waals surface area contributed by atoms with Gasteiger partial charge in [0.1, 0.15) is 6.10 Å². The van der Waals surface area contributed by atoms with Crippen LogP contribution >= 0.6 is 0 Å². The summed E-state index contributed by atoms with van der Waals surface area (Å²) in [5, 5.41) is 15.1. The number of ether oxygens (including phenoxy) is 1. The molecule has 0 radical (unpaired) electrons. The quantitative estimate of drug-likeness (QED) is 0.829. The fourth-order valence-electron chi connectivity index (χ4n) is 1.81. The highest BCUT2D eigenvalue weighted by Gasteiger charge is 2.24. The third kappa shape index (κ3) is 2.48. The third-order valence-corrected chi connectivity index (χ3v) is 2.48. The standard InChI is InChI=1S/C10H15N3O.CH4O/c1-7(2)13-10(8(3)11-12-13)9-5-4-6-14-9;1-2/h9H,1,4-6H2,2-3H3;2H,1H3. The molecule has 0 spiro atoms. The van der Waals surface area contributed by atoms with Crippen LogP contribution in [0.4, 0.5) is 0 Å². The lowest BCUT2D eigenvalue weighted by Crippen LogP contribution is -2.07. The van der Waals surface area contributed by atoms with Crippen molar-refractivity contribution >= 4 is 5.70 Å². The van der Waals surface area contributed by atoms with Crippen LogP contribution < -0.4 is 0 Å². The second-order valence-electron chi connectivity index (χ2n) is 3.71. The first-order chi connectivity index (χ1) is 7.70. The molecule has 0 bridgehead atoms. The lowest BCUT2D eigenvalue weighted by molar-refractivity contribution is 0.106. The van der Waals surface area contributed by atoms with E-state index in [2.05, 4.69) is 16.9 Å². The molecule has 5 nitrogen and oxygen atoms in total. The van der Waals surface area contributed by atoms with E-state index in [4.69, 9.17) is 9.84 Å². The molecule has 1 aliphatic heterocycles. The summed E-state index contributed by atoms with van der Waals surface area (Å²) in [6.07, 6.45) is 2.33. The Morgan fingerprint density at radius 2 is 2.25 bits per heavy atom. The number of aryl methyl sites for hydroxylation is 1. The maximum atomic E-state index is 7.00. The van der Waals surface area contributed by atoms with Gasteiger partial charge in [-0.3, -0.25) is 0 Å². The number of nitrogens with zero attached hydrogens (tertiary/aromatic N) is 3. The number of hydrogen-bond donors (Lipinski definition) is 1. The Kier molecular flexibility index (Phi) is 4.64. The van der Waals surface area contributed by atoms with E-state index in [1.165, 1.54) is 0 Å². The summed E-state index contributed by atoms with van der Waals surface area (Å²) in [5.41, 5.74) is 2.89. The molecule has 1 unspecified atom stereocenters. The fraction of sp³-hybridized carbons (Fsp3) is 0.636. The second-order valence-corrected chi connectivity index (χ2v) is 3.71. The van der Waals surface area contributed by atoms with Crippen LogP contribution in [0.25, 0.3) is 5.70 Å². The van der Waals surface area contributed by atoms with Gasteiger partial charge in [-0.2, -0.15) is 0 Å². The van der Waals surface area contributed by atoms with Crippen LogP contribution in [0.5, 0.6) is 0 Å². The van der Waals surface area contributed by atoms with Crippen LogP contribution in [0, 0.1) is 6.92 Å². The van der Waals surface area contributed by atoms with Crippen LogP contribution in [-0.4, -0.2) is 33.8 Å². The first-order valence-corrected chi connectivity index (χ1v) is 5.34. The third-order valence-electron chi connectivity index (χ3n) is 2.48. The Morgan fingerprint density at radius 1 is 1.56 bits per heavy atom. The highest BCUT2D eigenvalue weighted by atomic mass is 16.5. The number of aliphatic hydroxyl groups excluding tert-OH is 1. The Hall–Kier alpha value is -1.20. The van der Waals surface area contributed by atoms with Gasteiger partial charge in [0.25, 0.3) is 0 Å². The SMILES string of the molecule is C=C(C)n1nnc(C)c1C1CCCO1.CO. The summed E-state index contributed by atoms with van der Waals surface area (Å²) in [6.45, 7) is 8.60. The van der Waals surface area contributed by atoms with Gasteiger partial charge < -0.3 is 9.84 Å². The van der Waals surface area contributed by atoms with Crippen molar-refractivity contribution in [3.63, 3.8) is 0 Å². The summed E-state index contributed by atoms with van der Waals surface area (Å²) >= 11 is 0. The van der Waals surface area contributed by atoms with E-state index in [0.29, 0.717) is 0 Å². The van der Waals surface area contributed by atoms with Gasteiger partial charge in [-0.25, -0.2) is 4.68 Å². The monoisotopic (exact) mass is 225 g/mol. The zero-order valence-corrected chi connectivity index (χ0v) is 10.1. The Bertz CT molecular complexity index is 354. The van der Waals surface area contributed by atoms with E-state index in [9.17, 15) is 0 Å². The molecular weight excluding hydrogens is 206 g/mol. The van der Waals surface area contributed by atoms with Gasteiger partial charge in [0.2, 0.25) is 0 Å². The van der Waals surface area contributed by atoms with Crippen molar-refractivity contribution in [2.24, 2.45) is 0 Å². The van der Waals surface area contributed by atoms with Crippen molar-refractivity contribution in [2.45, 2.75) is 32.8 Å². The number of aromatic nitrogens is 3. The zero-order valence-electron chi connectivity index (χ0n) is 10.1. The topological polar surface area (TPSA) is 60.2 Å². The van der Waals surface area contributed by atoms with E-state index in [1.54, 1.807) is 4.68 Å². The summed E-state index contributed by atoms with van der Waals surface area (Å²) < 4.78 is 7.41. The molecule has 1 atom stereocenters.